The minimum Gasteiger partial charge on any atom is -0.385 e. The van der Waals surface area contributed by atoms with Crippen LogP contribution in [0.2, 0.25) is 0 Å². The number of ether oxygens (including phenoxy) is 1. The highest BCUT2D eigenvalue weighted by molar-refractivity contribution is 7.99. The molecule has 1 aromatic rings. The zero-order valence-corrected chi connectivity index (χ0v) is 12.1. The number of methoxy groups -OCH3 is 1. The zero-order chi connectivity index (χ0) is 13.4. The van der Waals surface area contributed by atoms with Crippen LogP contribution >= 0.6 is 11.8 Å². The summed E-state index contributed by atoms with van der Waals surface area (Å²) in [6.45, 7) is 5.46. The van der Waals surface area contributed by atoms with Crippen molar-refractivity contribution in [3.8, 4) is 0 Å². The predicted octanol–water partition coefficient (Wildman–Crippen LogP) is 3.45. The molecule has 0 aliphatic heterocycles. The van der Waals surface area contributed by atoms with E-state index in [1.54, 1.807) is 24.9 Å². The van der Waals surface area contributed by atoms with E-state index in [4.69, 9.17) is 4.74 Å². The topological polar surface area (TPSA) is 21.3 Å². The lowest BCUT2D eigenvalue weighted by Gasteiger charge is -2.13. The molecule has 0 unspecified atom stereocenters. The Kier molecular flexibility index (Phi) is 7.32. The molecule has 102 valence electrons. The Morgan fingerprint density at radius 3 is 2.83 bits per heavy atom. The number of rotatable bonds is 8. The lowest BCUT2D eigenvalue weighted by molar-refractivity contribution is 0.200. The van der Waals surface area contributed by atoms with Gasteiger partial charge in [0, 0.05) is 42.5 Å². The first-order valence-corrected chi connectivity index (χ1v) is 7.26. The fraction of sp³-hybridized carbons (Fsp3) is 0.571. The van der Waals surface area contributed by atoms with Gasteiger partial charge in [0.25, 0.3) is 0 Å². The molecular formula is C14H22FNOS. The van der Waals surface area contributed by atoms with Gasteiger partial charge in [-0.25, -0.2) is 4.39 Å². The first-order valence-electron chi connectivity index (χ1n) is 6.27. The van der Waals surface area contributed by atoms with Crippen LogP contribution in [0, 0.1) is 5.82 Å². The average molecular weight is 271 g/mol. The van der Waals surface area contributed by atoms with Crippen LogP contribution in [0.25, 0.3) is 0 Å². The zero-order valence-electron chi connectivity index (χ0n) is 11.3. The molecule has 0 saturated carbocycles. The summed E-state index contributed by atoms with van der Waals surface area (Å²) in [7, 11) is 1.70. The quantitative estimate of drug-likeness (QED) is 0.578. The molecule has 0 aromatic heterocycles. The van der Waals surface area contributed by atoms with Gasteiger partial charge in [-0.15, -0.1) is 11.8 Å². The van der Waals surface area contributed by atoms with Crippen molar-refractivity contribution in [1.29, 1.82) is 0 Å². The van der Waals surface area contributed by atoms with E-state index in [-0.39, 0.29) is 5.82 Å². The predicted molar refractivity (Wildman–Crippen MR) is 75.6 cm³/mol. The van der Waals surface area contributed by atoms with E-state index in [0.717, 1.165) is 29.2 Å². The fourth-order valence-corrected chi connectivity index (χ4v) is 2.54. The second kappa shape index (κ2) is 8.51. The van der Waals surface area contributed by atoms with Crippen molar-refractivity contribution in [3.05, 3.63) is 29.6 Å². The molecule has 2 nitrogen and oxygen atoms in total. The number of hydrogen-bond donors (Lipinski definition) is 1. The van der Waals surface area contributed by atoms with Crippen LogP contribution in [0.4, 0.5) is 4.39 Å². The number of benzene rings is 1. The highest BCUT2D eigenvalue weighted by atomic mass is 32.2. The Balaban J connectivity index is 2.61. The maximum Gasteiger partial charge on any atom is 0.128 e. The lowest BCUT2D eigenvalue weighted by atomic mass is 10.2. The van der Waals surface area contributed by atoms with Gasteiger partial charge in [-0.3, -0.25) is 0 Å². The highest BCUT2D eigenvalue weighted by Crippen LogP contribution is 2.25. The fourth-order valence-electron chi connectivity index (χ4n) is 1.54. The van der Waals surface area contributed by atoms with Gasteiger partial charge in [0.2, 0.25) is 0 Å². The van der Waals surface area contributed by atoms with Crippen molar-refractivity contribution in [2.45, 2.75) is 37.8 Å². The molecule has 1 N–H and O–H groups in total. The maximum atomic E-state index is 13.8. The molecule has 0 radical (unpaired) electrons. The van der Waals surface area contributed by atoms with Crippen LogP contribution in [0.3, 0.4) is 0 Å². The molecule has 0 aliphatic carbocycles. The second-order valence-corrected chi connectivity index (χ2v) is 5.58. The summed E-state index contributed by atoms with van der Waals surface area (Å²) in [4.78, 5) is 1.03. The molecule has 0 atom stereocenters. The number of halogens is 1. The third-order valence-corrected chi connectivity index (χ3v) is 3.70. The van der Waals surface area contributed by atoms with Gasteiger partial charge in [0.15, 0.2) is 0 Å². The van der Waals surface area contributed by atoms with Crippen LogP contribution in [0.5, 0.6) is 0 Å². The molecule has 0 saturated heterocycles. The normalized spacial score (nSPS) is 11.2. The summed E-state index contributed by atoms with van der Waals surface area (Å²) in [5, 5.41) is 3.27. The van der Waals surface area contributed by atoms with E-state index in [1.165, 1.54) is 6.07 Å². The van der Waals surface area contributed by atoms with Crippen molar-refractivity contribution in [3.63, 3.8) is 0 Å². The van der Waals surface area contributed by atoms with E-state index >= 15 is 0 Å². The van der Waals surface area contributed by atoms with E-state index in [0.29, 0.717) is 12.6 Å². The standard InChI is InChI=1S/C14H22FNOS/c1-11(2)16-10-12-13(15)6-4-7-14(12)18-9-5-8-17-3/h4,6-7,11,16H,5,8-10H2,1-3H3. The Bertz CT molecular complexity index is 358. The van der Waals surface area contributed by atoms with Crippen molar-refractivity contribution in [2.24, 2.45) is 0 Å². The molecule has 1 rings (SSSR count). The molecule has 0 fully saturated rings. The van der Waals surface area contributed by atoms with Crippen molar-refractivity contribution in [2.75, 3.05) is 19.5 Å². The van der Waals surface area contributed by atoms with E-state index in [9.17, 15) is 4.39 Å². The third kappa shape index (κ3) is 5.38. The molecule has 0 heterocycles. The van der Waals surface area contributed by atoms with Crippen LogP contribution in [0.15, 0.2) is 23.1 Å². The van der Waals surface area contributed by atoms with Crippen molar-refractivity contribution >= 4 is 11.8 Å². The summed E-state index contributed by atoms with van der Waals surface area (Å²) in [6.07, 6.45) is 0.981. The number of thioether (sulfide) groups is 1. The molecule has 0 spiro atoms. The largest absolute Gasteiger partial charge is 0.385 e. The van der Waals surface area contributed by atoms with E-state index < -0.39 is 0 Å². The van der Waals surface area contributed by atoms with Crippen LogP contribution in [-0.2, 0) is 11.3 Å². The Hall–Kier alpha value is -0.580. The van der Waals surface area contributed by atoms with E-state index in [2.05, 4.69) is 19.2 Å². The van der Waals surface area contributed by atoms with Crippen LogP contribution in [-0.4, -0.2) is 25.5 Å². The van der Waals surface area contributed by atoms with Crippen LogP contribution < -0.4 is 5.32 Å². The van der Waals surface area contributed by atoms with Gasteiger partial charge in [0.1, 0.15) is 5.82 Å². The number of hydrogen-bond acceptors (Lipinski definition) is 3. The summed E-state index contributed by atoms with van der Waals surface area (Å²) >= 11 is 1.69. The molecule has 4 heteroatoms. The minimum atomic E-state index is -0.125. The second-order valence-electron chi connectivity index (χ2n) is 4.45. The molecule has 1 aromatic carbocycles. The monoisotopic (exact) mass is 271 g/mol. The van der Waals surface area contributed by atoms with Gasteiger partial charge in [-0.05, 0) is 18.6 Å². The van der Waals surface area contributed by atoms with Gasteiger partial charge in [0.05, 0.1) is 0 Å². The minimum absolute atomic E-state index is 0.125. The number of nitrogens with one attached hydrogen (secondary N) is 1. The van der Waals surface area contributed by atoms with Crippen molar-refractivity contribution < 1.29 is 9.13 Å². The smallest absolute Gasteiger partial charge is 0.128 e. The molecule has 18 heavy (non-hydrogen) atoms. The summed E-state index contributed by atoms with van der Waals surface area (Å²) in [6, 6.07) is 5.64. The Morgan fingerprint density at radius 1 is 1.39 bits per heavy atom. The molecular weight excluding hydrogens is 249 g/mol. The van der Waals surface area contributed by atoms with Crippen LogP contribution in [0.1, 0.15) is 25.8 Å². The summed E-state index contributed by atoms with van der Waals surface area (Å²) in [5.74, 6) is 0.825. The Morgan fingerprint density at radius 2 is 2.17 bits per heavy atom. The van der Waals surface area contributed by atoms with Gasteiger partial charge in [-0.2, -0.15) is 0 Å². The highest BCUT2D eigenvalue weighted by Gasteiger charge is 2.09. The lowest BCUT2D eigenvalue weighted by Crippen LogP contribution is -2.22. The third-order valence-electron chi connectivity index (χ3n) is 2.51. The molecule has 0 bridgehead atoms. The summed E-state index contributed by atoms with van der Waals surface area (Å²) < 4.78 is 18.8. The first-order chi connectivity index (χ1) is 8.65. The maximum absolute atomic E-state index is 13.8. The first kappa shape index (κ1) is 15.5. The van der Waals surface area contributed by atoms with Gasteiger partial charge >= 0.3 is 0 Å². The molecule has 0 amide bonds. The van der Waals surface area contributed by atoms with E-state index in [1.807, 2.05) is 6.07 Å². The van der Waals surface area contributed by atoms with Gasteiger partial charge < -0.3 is 10.1 Å². The van der Waals surface area contributed by atoms with Gasteiger partial charge in [-0.1, -0.05) is 19.9 Å². The van der Waals surface area contributed by atoms with Crippen molar-refractivity contribution in [1.82, 2.24) is 5.32 Å². The average Bonchev–Trinajstić information content (AvgIpc) is 2.33. The molecule has 0 aliphatic rings. The Labute approximate surface area is 113 Å². The SMILES string of the molecule is COCCCSc1cccc(F)c1CNC(C)C. The summed E-state index contributed by atoms with van der Waals surface area (Å²) in [5.41, 5.74) is 0.772.